The summed E-state index contributed by atoms with van der Waals surface area (Å²) < 4.78 is 5.14. The molecule has 0 aliphatic heterocycles. The molecule has 1 fully saturated rings. The van der Waals surface area contributed by atoms with E-state index >= 15 is 0 Å². The molecule has 6 nitrogen and oxygen atoms in total. The number of aryl methyl sites for hydroxylation is 1. The van der Waals surface area contributed by atoms with Gasteiger partial charge in [-0.05, 0) is 67.5 Å². The van der Waals surface area contributed by atoms with Gasteiger partial charge in [-0.15, -0.1) is 0 Å². The number of carbonyl (C=O) groups is 1. The van der Waals surface area contributed by atoms with E-state index in [4.69, 9.17) is 4.74 Å². The molecule has 0 radical (unpaired) electrons. The Bertz CT molecular complexity index is 1080. The highest BCUT2D eigenvalue weighted by Gasteiger charge is 2.33. The molecule has 0 saturated heterocycles. The smallest absolute Gasteiger partial charge is 0.231 e. The Morgan fingerprint density at radius 1 is 1.06 bits per heavy atom. The van der Waals surface area contributed by atoms with Crippen molar-refractivity contribution in [2.75, 3.05) is 12.0 Å². The van der Waals surface area contributed by atoms with E-state index in [-0.39, 0.29) is 23.9 Å². The number of nitrogens with zero attached hydrogens (tertiary/aromatic N) is 3. The van der Waals surface area contributed by atoms with Crippen molar-refractivity contribution in [3.05, 3.63) is 72.1 Å². The zero-order valence-electron chi connectivity index (χ0n) is 19.4. The zero-order valence-corrected chi connectivity index (χ0v) is 19.4. The second-order valence-electron chi connectivity index (χ2n) is 8.79. The molecule has 33 heavy (non-hydrogen) atoms. The molecule has 4 rings (SSSR count). The standard InChI is InChI=1S/C26H30BN3O3/c1-17-13-14-28-23(15-17)30(26(32)20-7-10-22(31)11-8-20)25(27)19-5-3-18(4-6-19)21-9-12-24(33-2)29-16-21/h3-6,9,12-16,20,22,25,31H,7-8,10-11,27H2,1-2H3. The first kappa shape index (κ1) is 23.0. The molecule has 1 aliphatic carbocycles. The summed E-state index contributed by atoms with van der Waals surface area (Å²) in [5.41, 5.74) is 4.15. The van der Waals surface area contributed by atoms with Crippen LogP contribution in [0.2, 0.25) is 0 Å². The summed E-state index contributed by atoms with van der Waals surface area (Å²) in [6.45, 7) is 2.01. The molecule has 1 saturated carbocycles. The molecule has 2 aromatic heterocycles. The highest BCUT2D eigenvalue weighted by molar-refractivity contribution is 6.17. The fourth-order valence-electron chi connectivity index (χ4n) is 4.45. The average molecular weight is 443 g/mol. The molecule has 1 unspecified atom stereocenters. The van der Waals surface area contributed by atoms with Gasteiger partial charge in [-0.1, -0.05) is 24.3 Å². The van der Waals surface area contributed by atoms with Crippen molar-refractivity contribution in [2.24, 2.45) is 5.92 Å². The number of aromatic nitrogens is 2. The Kier molecular flexibility index (Phi) is 7.09. The monoisotopic (exact) mass is 443 g/mol. The molecule has 170 valence electrons. The maximum Gasteiger partial charge on any atom is 0.231 e. The Hall–Kier alpha value is -3.19. The predicted molar refractivity (Wildman–Crippen MR) is 132 cm³/mol. The number of carbonyl (C=O) groups excluding carboxylic acids is 1. The van der Waals surface area contributed by atoms with Crippen LogP contribution in [0.15, 0.2) is 60.9 Å². The lowest BCUT2D eigenvalue weighted by atomic mass is 9.82. The number of amides is 1. The molecule has 1 N–H and O–H groups in total. The summed E-state index contributed by atoms with van der Waals surface area (Å²) in [5.74, 6) is 1.06. The number of rotatable bonds is 6. The number of hydrogen-bond acceptors (Lipinski definition) is 5. The molecular weight excluding hydrogens is 413 g/mol. The van der Waals surface area contributed by atoms with Crippen LogP contribution in [0, 0.1) is 12.8 Å². The van der Waals surface area contributed by atoms with Gasteiger partial charge in [0.15, 0.2) is 0 Å². The Morgan fingerprint density at radius 3 is 2.36 bits per heavy atom. The van der Waals surface area contributed by atoms with Crippen molar-refractivity contribution in [3.63, 3.8) is 0 Å². The van der Waals surface area contributed by atoms with Crippen molar-refractivity contribution in [1.82, 2.24) is 9.97 Å². The van der Waals surface area contributed by atoms with E-state index in [0.717, 1.165) is 22.3 Å². The van der Waals surface area contributed by atoms with Crippen LogP contribution in [0.4, 0.5) is 5.82 Å². The number of benzene rings is 1. The van der Waals surface area contributed by atoms with Crippen LogP contribution in [0.3, 0.4) is 0 Å². The summed E-state index contributed by atoms with van der Waals surface area (Å²) in [5, 5.41) is 9.89. The van der Waals surface area contributed by atoms with E-state index in [1.54, 1.807) is 19.5 Å². The van der Waals surface area contributed by atoms with Crippen molar-refractivity contribution >= 4 is 19.6 Å². The molecule has 1 amide bonds. The Labute approximate surface area is 196 Å². The van der Waals surface area contributed by atoms with Gasteiger partial charge in [0.1, 0.15) is 13.7 Å². The van der Waals surface area contributed by atoms with Crippen LogP contribution < -0.4 is 9.64 Å². The number of anilines is 1. The Morgan fingerprint density at radius 2 is 1.76 bits per heavy atom. The van der Waals surface area contributed by atoms with Crippen LogP contribution in [-0.2, 0) is 4.79 Å². The van der Waals surface area contributed by atoms with Gasteiger partial charge in [0.05, 0.1) is 13.2 Å². The van der Waals surface area contributed by atoms with E-state index in [9.17, 15) is 9.90 Å². The average Bonchev–Trinajstić information content (AvgIpc) is 2.85. The van der Waals surface area contributed by atoms with E-state index in [0.29, 0.717) is 37.4 Å². The summed E-state index contributed by atoms with van der Waals surface area (Å²) in [7, 11) is 3.65. The predicted octanol–water partition coefficient (Wildman–Crippen LogP) is 3.68. The molecule has 3 aromatic rings. The minimum atomic E-state index is -0.294. The fourth-order valence-corrected chi connectivity index (χ4v) is 4.45. The van der Waals surface area contributed by atoms with Crippen molar-refractivity contribution in [1.29, 1.82) is 0 Å². The quantitative estimate of drug-likeness (QED) is 0.589. The summed E-state index contributed by atoms with van der Waals surface area (Å²) >= 11 is 0. The highest BCUT2D eigenvalue weighted by atomic mass is 16.5. The second-order valence-corrected chi connectivity index (χ2v) is 8.79. The number of hydrogen-bond donors (Lipinski definition) is 1. The van der Waals surface area contributed by atoms with Crippen molar-refractivity contribution < 1.29 is 14.6 Å². The summed E-state index contributed by atoms with van der Waals surface area (Å²) in [6.07, 6.45) is 6.01. The van der Waals surface area contributed by atoms with E-state index < -0.39 is 0 Å². The molecule has 1 aliphatic rings. The lowest BCUT2D eigenvalue weighted by Gasteiger charge is -2.34. The number of aliphatic hydroxyl groups excluding tert-OH is 1. The fraction of sp³-hybridized carbons (Fsp3) is 0.346. The minimum Gasteiger partial charge on any atom is -0.481 e. The van der Waals surface area contributed by atoms with E-state index in [2.05, 4.69) is 34.2 Å². The third kappa shape index (κ3) is 5.25. The first-order chi connectivity index (χ1) is 16.0. The van der Waals surface area contributed by atoms with Gasteiger partial charge >= 0.3 is 0 Å². The lowest BCUT2D eigenvalue weighted by molar-refractivity contribution is -0.124. The molecule has 7 heteroatoms. The number of ether oxygens (including phenoxy) is 1. The van der Waals surface area contributed by atoms with Crippen LogP contribution >= 0.6 is 0 Å². The maximum atomic E-state index is 13.7. The largest absolute Gasteiger partial charge is 0.481 e. The summed E-state index contributed by atoms with van der Waals surface area (Å²) in [6, 6.07) is 16.0. The zero-order chi connectivity index (χ0) is 23.4. The summed E-state index contributed by atoms with van der Waals surface area (Å²) in [4.78, 5) is 24.3. The second kappa shape index (κ2) is 10.2. The van der Waals surface area contributed by atoms with Gasteiger partial charge in [-0.3, -0.25) is 9.69 Å². The molecule has 1 aromatic carbocycles. The van der Waals surface area contributed by atoms with E-state index in [1.165, 1.54) is 0 Å². The molecular formula is C26H30BN3O3. The third-order valence-electron chi connectivity index (χ3n) is 6.49. The van der Waals surface area contributed by atoms with Crippen LogP contribution in [0.1, 0.15) is 42.8 Å². The first-order valence-electron chi connectivity index (χ1n) is 11.5. The molecule has 0 spiro atoms. The van der Waals surface area contributed by atoms with Gasteiger partial charge in [0.2, 0.25) is 11.8 Å². The first-order valence-corrected chi connectivity index (χ1v) is 11.5. The number of methoxy groups -OCH3 is 1. The van der Waals surface area contributed by atoms with E-state index in [1.807, 2.05) is 43.9 Å². The number of aliphatic hydroxyl groups is 1. The van der Waals surface area contributed by atoms with Crippen molar-refractivity contribution in [2.45, 2.75) is 44.7 Å². The van der Waals surface area contributed by atoms with Crippen LogP contribution in [0.5, 0.6) is 5.88 Å². The van der Waals surface area contributed by atoms with Crippen LogP contribution in [0.25, 0.3) is 11.1 Å². The van der Waals surface area contributed by atoms with Crippen molar-refractivity contribution in [3.8, 4) is 17.0 Å². The van der Waals surface area contributed by atoms with Gasteiger partial charge in [-0.25, -0.2) is 9.97 Å². The van der Waals surface area contributed by atoms with Gasteiger partial charge in [0.25, 0.3) is 0 Å². The number of pyridine rings is 2. The topological polar surface area (TPSA) is 75.5 Å². The third-order valence-corrected chi connectivity index (χ3v) is 6.49. The molecule has 1 atom stereocenters. The molecule has 2 heterocycles. The van der Waals surface area contributed by atoms with Gasteiger partial charge in [0, 0.05) is 35.9 Å². The molecule has 0 bridgehead atoms. The highest BCUT2D eigenvalue weighted by Crippen LogP contribution is 2.32. The van der Waals surface area contributed by atoms with Gasteiger partial charge < -0.3 is 9.84 Å². The Balaban J connectivity index is 1.61. The lowest BCUT2D eigenvalue weighted by Crippen LogP contribution is -2.41. The SMILES string of the molecule is BC(c1ccc(-c2ccc(OC)nc2)cc1)N(C(=O)C1CCC(O)CC1)c1cc(C)ccn1. The minimum absolute atomic E-state index is 0.0796. The normalized spacial score (nSPS) is 19.0. The van der Waals surface area contributed by atoms with Gasteiger partial charge in [-0.2, -0.15) is 0 Å². The maximum absolute atomic E-state index is 13.7. The van der Waals surface area contributed by atoms with Crippen LogP contribution in [-0.4, -0.2) is 42.0 Å².